The molecule has 0 radical (unpaired) electrons. The van der Waals surface area contributed by atoms with Gasteiger partial charge in [0.15, 0.2) is 5.69 Å². The van der Waals surface area contributed by atoms with Crippen LogP contribution in [0.4, 0.5) is 10.5 Å². The molecule has 0 aromatic heterocycles. The van der Waals surface area contributed by atoms with Crippen molar-refractivity contribution in [2.24, 2.45) is 0 Å². The molecule has 0 amide bonds. The summed E-state index contributed by atoms with van der Waals surface area (Å²) in [4.78, 5) is 38.5. The van der Waals surface area contributed by atoms with Crippen LogP contribution < -0.4 is 9.47 Å². The summed E-state index contributed by atoms with van der Waals surface area (Å²) in [7, 11) is 0. The first-order valence-corrected chi connectivity index (χ1v) is 10.4. The van der Waals surface area contributed by atoms with Crippen LogP contribution in [0, 0.1) is 6.57 Å². The molecule has 0 heterocycles. The van der Waals surface area contributed by atoms with Crippen molar-refractivity contribution in [1.82, 2.24) is 0 Å². The van der Waals surface area contributed by atoms with Gasteiger partial charge in [0.1, 0.15) is 11.5 Å². The highest BCUT2D eigenvalue weighted by Gasteiger charge is 2.11. The van der Waals surface area contributed by atoms with Crippen molar-refractivity contribution in [3.05, 3.63) is 90.3 Å². The van der Waals surface area contributed by atoms with Crippen LogP contribution in [0.25, 0.3) is 15.6 Å². The minimum atomic E-state index is -0.879. The zero-order chi connectivity index (χ0) is 24.3. The lowest BCUT2D eigenvalue weighted by Crippen LogP contribution is -2.12. The summed E-state index contributed by atoms with van der Waals surface area (Å²) in [6.45, 7) is 10.7. The molecular formula is C26H21NO7. The minimum Gasteiger partial charge on any atom is -0.463 e. The molecule has 34 heavy (non-hydrogen) atoms. The molecule has 8 heteroatoms. The standard InChI is InChI=1S/C26H21NO7/c1-3-24(28)31-14-4-5-15-32-26(30)34-22-11-7-18(8-12-22)25(29)33-23-13-9-19-16-21(27-2)10-6-20(19)17-23/h3,6-13,16-17H,1,4-5,14-15H2. The van der Waals surface area contributed by atoms with Crippen LogP contribution in [0.15, 0.2) is 73.3 Å². The maximum atomic E-state index is 12.4. The summed E-state index contributed by atoms with van der Waals surface area (Å²) >= 11 is 0. The highest BCUT2D eigenvalue weighted by atomic mass is 16.7. The maximum Gasteiger partial charge on any atom is 0.513 e. The molecule has 0 aliphatic rings. The van der Waals surface area contributed by atoms with E-state index in [9.17, 15) is 14.4 Å². The molecule has 0 fully saturated rings. The number of carbonyl (C=O) groups is 3. The zero-order valence-electron chi connectivity index (χ0n) is 18.2. The molecule has 0 spiro atoms. The molecule has 3 aromatic rings. The van der Waals surface area contributed by atoms with E-state index >= 15 is 0 Å². The molecule has 0 atom stereocenters. The van der Waals surface area contributed by atoms with Gasteiger partial charge >= 0.3 is 18.1 Å². The fourth-order valence-electron chi connectivity index (χ4n) is 2.89. The number of benzene rings is 3. The Morgan fingerprint density at radius 3 is 2.18 bits per heavy atom. The molecule has 172 valence electrons. The minimum absolute atomic E-state index is 0.111. The van der Waals surface area contributed by atoms with E-state index in [0.717, 1.165) is 16.8 Å². The molecule has 0 aliphatic carbocycles. The van der Waals surface area contributed by atoms with Crippen LogP contribution in [0.2, 0.25) is 0 Å². The van der Waals surface area contributed by atoms with E-state index in [2.05, 4.69) is 11.4 Å². The van der Waals surface area contributed by atoms with Gasteiger partial charge in [-0.3, -0.25) is 0 Å². The van der Waals surface area contributed by atoms with Gasteiger partial charge in [-0.25, -0.2) is 19.2 Å². The number of hydrogen-bond donors (Lipinski definition) is 0. The van der Waals surface area contributed by atoms with Gasteiger partial charge in [0.2, 0.25) is 0 Å². The molecule has 0 saturated carbocycles. The molecule has 0 N–H and O–H groups in total. The Kier molecular flexibility index (Phi) is 8.36. The van der Waals surface area contributed by atoms with Gasteiger partial charge in [-0.05, 0) is 66.1 Å². The van der Waals surface area contributed by atoms with Crippen molar-refractivity contribution in [2.75, 3.05) is 13.2 Å². The third-order valence-electron chi connectivity index (χ3n) is 4.60. The lowest BCUT2D eigenvalue weighted by atomic mass is 10.1. The predicted molar refractivity (Wildman–Crippen MR) is 124 cm³/mol. The number of carbonyl (C=O) groups excluding carboxylic acids is 3. The van der Waals surface area contributed by atoms with Gasteiger partial charge in [-0.1, -0.05) is 24.8 Å². The van der Waals surface area contributed by atoms with Crippen LogP contribution in [0.5, 0.6) is 11.5 Å². The molecule has 0 bridgehead atoms. The summed E-state index contributed by atoms with van der Waals surface area (Å²) in [5, 5.41) is 1.72. The number of fused-ring (bicyclic) bond motifs is 1. The highest BCUT2D eigenvalue weighted by Crippen LogP contribution is 2.26. The van der Waals surface area contributed by atoms with Gasteiger partial charge in [0, 0.05) is 6.08 Å². The smallest absolute Gasteiger partial charge is 0.463 e. The molecule has 3 rings (SSSR count). The van der Waals surface area contributed by atoms with Crippen molar-refractivity contribution in [2.45, 2.75) is 12.8 Å². The Morgan fingerprint density at radius 2 is 1.47 bits per heavy atom. The highest BCUT2D eigenvalue weighted by molar-refractivity contribution is 5.92. The Balaban J connectivity index is 1.46. The third-order valence-corrected chi connectivity index (χ3v) is 4.60. The third kappa shape index (κ3) is 6.93. The Hall–Kier alpha value is -4.64. The Labute approximate surface area is 196 Å². The maximum absolute atomic E-state index is 12.4. The second-order valence-electron chi connectivity index (χ2n) is 7.00. The van der Waals surface area contributed by atoms with Crippen molar-refractivity contribution in [3.63, 3.8) is 0 Å². The molecule has 8 nitrogen and oxygen atoms in total. The molecule has 0 aliphatic heterocycles. The lowest BCUT2D eigenvalue weighted by molar-refractivity contribution is -0.137. The van der Waals surface area contributed by atoms with Gasteiger partial charge in [-0.2, -0.15) is 0 Å². The second-order valence-corrected chi connectivity index (χ2v) is 7.00. The summed E-state index contributed by atoms with van der Waals surface area (Å²) in [5.41, 5.74) is 0.813. The number of unbranched alkanes of at least 4 members (excludes halogenated alkanes) is 1. The van der Waals surface area contributed by atoms with Crippen molar-refractivity contribution < 1.29 is 33.3 Å². The van der Waals surface area contributed by atoms with E-state index in [1.807, 2.05) is 0 Å². The normalized spacial score (nSPS) is 10.1. The van der Waals surface area contributed by atoms with E-state index in [1.54, 1.807) is 36.4 Å². The molecule has 0 unspecified atom stereocenters. The Morgan fingerprint density at radius 1 is 0.824 bits per heavy atom. The lowest BCUT2D eigenvalue weighted by Gasteiger charge is -2.08. The van der Waals surface area contributed by atoms with E-state index in [1.165, 1.54) is 24.3 Å². The molecule has 3 aromatic carbocycles. The van der Waals surface area contributed by atoms with Crippen LogP contribution in [-0.4, -0.2) is 31.3 Å². The van der Waals surface area contributed by atoms with Gasteiger partial charge in [-0.15, -0.1) is 0 Å². The van der Waals surface area contributed by atoms with Crippen molar-refractivity contribution >= 4 is 34.6 Å². The van der Waals surface area contributed by atoms with Gasteiger partial charge in [0.05, 0.1) is 25.3 Å². The summed E-state index contributed by atoms with van der Waals surface area (Å²) in [6.07, 6.45) is 1.23. The number of rotatable bonds is 9. The van der Waals surface area contributed by atoms with Crippen LogP contribution in [0.1, 0.15) is 23.2 Å². The largest absolute Gasteiger partial charge is 0.513 e. The predicted octanol–water partition coefficient (Wildman–Crippen LogP) is 5.63. The van der Waals surface area contributed by atoms with Gasteiger partial charge in [0.25, 0.3) is 0 Å². The summed E-state index contributed by atoms with van der Waals surface area (Å²) in [6, 6.07) is 16.3. The fourth-order valence-corrected chi connectivity index (χ4v) is 2.89. The molecule has 0 saturated heterocycles. The second kappa shape index (κ2) is 11.8. The number of ether oxygens (including phenoxy) is 4. The van der Waals surface area contributed by atoms with E-state index < -0.39 is 18.1 Å². The van der Waals surface area contributed by atoms with Crippen molar-refractivity contribution in [1.29, 1.82) is 0 Å². The summed E-state index contributed by atoms with van der Waals surface area (Å²) < 4.78 is 20.3. The first-order chi connectivity index (χ1) is 16.5. The molecular weight excluding hydrogens is 438 g/mol. The fraction of sp³-hybridized carbons (Fsp3) is 0.154. The zero-order valence-corrected chi connectivity index (χ0v) is 18.2. The van der Waals surface area contributed by atoms with Crippen molar-refractivity contribution in [3.8, 4) is 11.5 Å². The first kappa shape index (κ1) is 24.0. The van der Waals surface area contributed by atoms with E-state index in [0.29, 0.717) is 24.3 Å². The van der Waals surface area contributed by atoms with Crippen LogP contribution in [-0.2, 0) is 14.3 Å². The van der Waals surface area contributed by atoms with Crippen LogP contribution in [0.3, 0.4) is 0 Å². The first-order valence-electron chi connectivity index (χ1n) is 10.4. The quantitative estimate of drug-likeness (QED) is 0.102. The Bertz CT molecular complexity index is 1240. The van der Waals surface area contributed by atoms with E-state index in [4.69, 9.17) is 25.5 Å². The number of hydrogen-bond acceptors (Lipinski definition) is 7. The summed E-state index contributed by atoms with van der Waals surface area (Å²) in [5.74, 6) is -0.483. The average Bonchev–Trinajstić information content (AvgIpc) is 2.85. The SMILES string of the molecule is [C-]#[N+]c1ccc2cc(OC(=O)c3ccc(OC(=O)OCCCCOC(=O)C=C)cc3)ccc2c1. The number of esters is 2. The van der Waals surface area contributed by atoms with Gasteiger partial charge < -0.3 is 18.9 Å². The number of nitrogens with zero attached hydrogens (tertiary/aromatic N) is 1. The monoisotopic (exact) mass is 459 g/mol. The topological polar surface area (TPSA) is 92.5 Å². The van der Waals surface area contributed by atoms with Crippen LogP contribution >= 0.6 is 0 Å². The average molecular weight is 459 g/mol. The van der Waals surface area contributed by atoms with E-state index in [-0.39, 0.29) is 24.5 Å².